The number of hydrogen-bond acceptors (Lipinski definition) is 2. The monoisotopic (exact) mass is 224 g/mol. The van der Waals surface area contributed by atoms with Gasteiger partial charge < -0.3 is 10.2 Å². The molecule has 16 heavy (non-hydrogen) atoms. The maximum absolute atomic E-state index is 3.71. The van der Waals surface area contributed by atoms with Gasteiger partial charge in [0, 0.05) is 19.1 Å². The van der Waals surface area contributed by atoms with E-state index in [1.54, 1.807) is 0 Å². The maximum atomic E-state index is 3.71. The molecule has 0 bridgehead atoms. The van der Waals surface area contributed by atoms with Crippen molar-refractivity contribution in [2.45, 2.75) is 52.0 Å². The van der Waals surface area contributed by atoms with Gasteiger partial charge in [0.1, 0.15) is 0 Å². The standard InChI is InChI=1S/C14H28N2/c1-12(2)13-7-9-16(10-13)11-14-6-4-3-5-8-15-14/h12-15H,3-11H2,1-2H3. The first-order chi connectivity index (χ1) is 7.75. The fraction of sp³-hybridized carbons (Fsp3) is 1.00. The van der Waals surface area contributed by atoms with E-state index in [0.717, 1.165) is 17.9 Å². The van der Waals surface area contributed by atoms with Crippen molar-refractivity contribution >= 4 is 0 Å². The zero-order chi connectivity index (χ0) is 11.4. The van der Waals surface area contributed by atoms with Crippen LogP contribution in [0.1, 0.15) is 46.0 Å². The van der Waals surface area contributed by atoms with Gasteiger partial charge in [0.25, 0.3) is 0 Å². The van der Waals surface area contributed by atoms with Crippen molar-refractivity contribution in [2.75, 3.05) is 26.2 Å². The summed E-state index contributed by atoms with van der Waals surface area (Å²) >= 11 is 0. The SMILES string of the molecule is CC(C)C1CCN(CC2CCCCCN2)C1. The molecular formula is C14H28N2. The van der Waals surface area contributed by atoms with Gasteiger partial charge >= 0.3 is 0 Å². The molecule has 0 aromatic heterocycles. The Morgan fingerprint density at radius 3 is 2.81 bits per heavy atom. The lowest BCUT2D eigenvalue weighted by Crippen LogP contribution is -2.39. The summed E-state index contributed by atoms with van der Waals surface area (Å²) in [5, 5.41) is 3.71. The third-order valence-corrected chi connectivity index (χ3v) is 4.39. The minimum absolute atomic E-state index is 0.772. The van der Waals surface area contributed by atoms with Crippen LogP contribution in [-0.4, -0.2) is 37.1 Å². The van der Waals surface area contributed by atoms with Crippen LogP contribution in [0.15, 0.2) is 0 Å². The van der Waals surface area contributed by atoms with Crippen molar-refractivity contribution in [2.24, 2.45) is 11.8 Å². The summed E-state index contributed by atoms with van der Waals surface area (Å²) < 4.78 is 0. The van der Waals surface area contributed by atoms with E-state index in [1.807, 2.05) is 0 Å². The van der Waals surface area contributed by atoms with Crippen LogP contribution in [0.25, 0.3) is 0 Å². The van der Waals surface area contributed by atoms with Crippen molar-refractivity contribution in [3.63, 3.8) is 0 Å². The van der Waals surface area contributed by atoms with Crippen molar-refractivity contribution < 1.29 is 0 Å². The summed E-state index contributed by atoms with van der Waals surface area (Å²) in [5.41, 5.74) is 0. The van der Waals surface area contributed by atoms with E-state index < -0.39 is 0 Å². The van der Waals surface area contributed by atoms with Crippen molar-refractivity contribution in [3.05, 3.63) is 0 Å². The Balaban J connectivity index is 1.73. The predicted molar refractivity (Wildman–Crippen MR) is 69.6 cm³/mol. The van der Waals surface area contributed by atoms with E-state index in [9.17, 15) is 0 Å². The second kappa shape index (κ2) is 6.02. The molecule has 2 rings (SSSR count). The van der Waals surface area contributed by atoms with E-state index in [0.29, 0.717) is 0 Å². The maximum Gasteiger partial charge on any atom is 0.0195 e. The quantitative estimate of drug-likeness (QED) is 0.792. The van der Waals surface area contributed by atoms with Crippen LogP contribution >= 0.6 is 0 Å². The highest BCUT2D eigenvalue weighted by Gasteiger charge is 2.26. The lowest BCUT2D eigenvalue weighted by atomic mass is 9.95. The van der Waals surface area contributed by atoms with E-state index in [4.69, 9.17) is 0 Å². The highest BCUT2D eigenvalue weighted by molar-refractivity contribution is 4.82. The number of rotatable bonds is 3. The normalized spacial score (nSPS) is 33.2. The molecule has 0 spiro atoms. The molecule has 2 fully saturated rings. The summed E-state index contributed by atoms with van der Waals surface area (Å²) in [7, 11) is 0. The second-order valence-corrected chi connectivity index (χ2v) is 6.05. The zero-order valence-electron chi connectivity index (χ0n) is 11.0. The van der Waals surface area contributed by atoms with Gasteiger partial charge in [-0.2, -0.15) is 0 Å². The molecule has 0 radical (unpaired) electrons. The molecule has 0 aliphatic carbocycles. The molecular weight excluding hydrogens is 196 g/mol. The first-order valence-electron chi connectivity index (χ1n) is 7.21. The fourth-order valence-corrected chi connectivity index (χ4v) is 3.14. The van der Waals surface area contributed by atoms with Gasteiger partial charge in [-0.15, -0.1) is 0 Å². The Hall–Kier alpha value is -0.0800. The molecule has 2 heterocycles. The summed E-state index contributed by atoms with van der Waals surface area (Å²) in [6.07, 6.45) is 7.05. The van der Waals surface area contributed by atoms with E-state index in [1.165, 1.54) is 58.3 Å². The van der Waals surface area contributed by atoms with Gasteiger partial charge in [-0.3, -0.25) is 0 Å². The van der Waals surface area contributed by atoms with Crippen molar-refractivity contribution in [1.82, 2.24) is 10.2 Å². The molecule has 2 aliphatic rings. The minimum atomic E-state index is 0.772. The Kier molecular flexibility index (Phi) is 4.66. The topological polar surface area (TPSA) is 15.3 Å². The van der Waals surface area contributed by atoms with Gasteiger partial charge in [-0.05, 0) is 44.2 Å². The smallest absolute Gasteiger partial charge is 0.0195 e. The lowest BCUT2D eigenvalue weighted by molar-refractivity contribution is 0.266. The Morgan fingerprint density at radius 2 is 2.06 bits per heavy atom. The van der Waals surface area contributed by atoms with Gasteiger partial charge in [-0.1, -0.05) is 26.7 Å². The Labute approximate surface area is 101 Å². The van der Waals surface area contributed by atoms with E-state index >= 15 is 0 Å². The molecule has 0 aromatic rings. The summed E-state index contributed by atoms with van der Waals surface area (Å²) in [5.74, 6) is 1.82. The molecule has 0 aromatic carbocycles. The van der Waals surface area contributed by atoms with E-state index in [-0.39, 0.29) is 0 Å². The molecule has 0 saturated carbocycles. The van der Waals surface area contributed by atoms with Crippen molar-refractivity contribution in [3.8, 4) is 0 Å². The molecule has 1 N–H and O–H groups in total. The van der Waals surface area contributed by atoms with Crippen LogP contribution in [0, 0.1) is 11.8 Å². The molecule has 2 heteroatoms. The Bertz CT molecular complexity index is 195. The van der Waals surface area contributed by atoms with Crippen molar-refractivity contribution in [1.29, 1.82) is 0 Å². The first-order valence-corrected chi connectivity index (χ1v) is 7.21. The summed E-state index contributed by atoms with van der Waals surface area (Å²) in [6, 6.07) is 0.772. The molecule has 2 atom stereocenters. The lowest BCUT2D eigenvalue weighted by Gasteiger charge is -2.24. The highest BCUT2D eigenvalue weighted by Crippen LogP contribution is 2.24. The number of nitrogens with zero attached hydrogens (tertiary/aromatic N) is 1. The van der Waals surface area contributed by atoms with Crippen LogP contribution in [0.5, 0.6) is 0 Å². The molecule has 2 aliphatic heterocycles. The minimum Gasteiger partial charge on any atom is -0.313 e. The van der Waals surface area contributed by atoms with Gasteiger partial charge in [0.2, 0.25) is 0 Å². The average Bonchev–Trinajstić information content (AvgIpc) is 2.56. The number of likely N-dealkylation sites (tertiary alicyclic amines) is 1. The van der Waals surface area contributed by atoms with Crippen LogP contribution in [0.2, 0.25) is 0 Å². The third kappa shape index (κ3) is 3.46. The van der Waals surface area contributed by atoms with Crippen LogP contribution in [0.4, 0.5) is 0 Å². The largest absolute Gasteiger partial charge is 0.313 e. The predicted octanol–water partition coefficient (Wildman–Crippen LogP) is 2.50. The zero-order valence-corrected chi connectivity index (χ0v) is 11.0. The fourth-order valence-electron chi connectivity index (χ4n) is 3.14. The number of hydrogen-bond donors (Lipinski definition) is 1. The average molecular weight is 224 g/mol. The van der Waals surface area contributed by atoms with Gasteiger partial charge in [0.05, 0.1) is 0 Å². The molecule has 2 saturated heterocycles. The third-order valence-electron chi connectivity index (χ3n) is 4.39. The van der Waals surface area contributed by atoms with Crippen LogP contribution in [0.3, 0.4) is 0 Å². The van der Waals surface area contributed by atoms with Gasteiger partial charge in [-0.25, -0.2) is 0 Å². The Morgan fingerprint density at radius 1 is 1.19 bits per heavy atom. The summed E-state index contributed by atoms with van der Waals surface area (Å²) in [4.78, 5) is 2.69. The molecule has 2 nitrogen and oxygen atoms in total. The van der Waals surface area contributed by atoms with Crippen LogP contribution in [-0.2, 0) is 0 Å². The van der Waals surface area contributed by atoms with Gasteiger partial charge in [0.15, 0.2) is 0 Å². The highest BCUT2D eigenvalue weighted by atomic mass is 15.2. The molecule has 0 amide bonds. The first kappa shape index (κ1) is 12.4. The summed E-state index contributed by atoms with van der Waals surface area (Å²) in [6.45, 7) is 9.96. The van der Waals surface area contributed by atoms with E-state index in [2.05, 4.69) is 24.1 Å². The second-order valence-electron chi connectivity index (χ2n) is 6.05. The molecule has 2 unspecified atom stereocenters. The molecule has 94 valence electrons. The van der Waals surface area contributed by atoms with Crippen LogP contribution < -0.4 is 5.32 Å². The number of nitrogens with one attached hydrogen (secondary N) is 1.